The first kappa shape index (κ1) is 14.2. The molecule has 7 heteroatoms. The summed E-state index contributed by atoms with van der Waals surface area (Å²) in [7, 11) is 0. The molecule has 2 aromatic rings. The van der Waals surface area contributed by atoms with E-state index in [9.17, 15) is 9.59 Å². The molecular formula is C15H16N4O3. The Kier molecular flexibility index (Phi) is 3.62. The molecule has 1 heterocycles. The fraction of sp³-hybridized carbons (Fsp3) is 0.333. The summed E-state index contributed by atoms with van der Waals surface area (Å²) >= 11 is 0. The molecule has 1 saturated carbocycles. The van der Waals surface area contributed by atoms with Crippen molar-refractivity contribution in [3.05, 3.63) is 42.2 Å². The van der Waals surface area contributed by atoms with E-state index in [2.05, 4.69) is 15.6 Å². The van der Waals surface area contributed by atoms with Crippen LogP contribution in [0.4, 0.5) is 0 Å². The van der Waals surface area contributed by atoms with Gasteiger partial charge in [0.05, 0.1) is 30.0 Å². The second-order valence-corrected chi connectivity index (χ2v) is 5.55. The highest BCUT2D eigenvalue weighted by atomic mass is 16.4. The van der Waals surface area contributed by atoms with Crippen molar-refractivity contribution in [2.45, 2.75) is 31.2 Å². The van der Waals surface area contributed by atoms with Crippen molar-refractivity contribution in [2.75, 3.05) is 0 Å². The van der Waals surface area contributed by atoms with Gasteiger partial charge >= 0.3 is 5.97 Å². The number of benzene rings is 1. The highest BCUT2D eigenvalue weighted by molar-refractivity contribution is 5.95. The Balaban J connectivity index is 1.71. The van der Waals surface area contributed by atoms with Crippen molar-refractivity contribution in [1.29, 1.82) is 0 Å². The summed E-state index contributed by atoms with van der Waals surface area (Å²) in [5, 5.41) is 19.5. The van der Waals surface area contributed by atoms with Crippen molar-refractivity contribution in [3.8, 4) is 5.69 Å². The van der Waals surface area contributed by atoms with E-state index in [1.54, 1.807) is 41.3 Å². The predicted octanol–water partition coefficient (Wildman–Crippen LogP) is 1.39. The van der Waals surface area contributed by atoms with E-state index in [1.807, 2.05) is 0 Å². The molecule has 2 N–H and O–H groups in total. The molecule has 1 fully saturated rings. The molecule has 114 valence electrons. The summed E-state index contributed by atoms with van der Waals surface area (Å²) in [4.78, 5) is 23.2. The van der Waals surface area contributed by atoms with Crippen LogP contribution >= 0.6 is 0 Å². The zero-order chi connectivity index (χ0) is 15.6. The third-order valence-corrected chi connectivity index (χ3v) is 4.00. The first-order valence-corrected chi connectivity index (χ1v) is 7.09. The number of nitrogens with one attached hydrogen (secondary N) is 1. The fourth-order valence-corrected chi connectivity index (χ4v) is 2.66. The first-order valence-electron chi connectivity index (χ1n) is 7.09. The Hall–Kier alpha value is -2.70. The molecule has 0 atom stereocenters. The molecular weight excluding hydrogens is 284 g/mol. The molecule has 0 unspecified atom stereocenters. The highest BCUT2D eigenvalue weighted by Gasteiger charge is 2.40. The van der Waals surface area contributed by atoms with Gasteiger partial charge in [-0.3, -0.25) is 9.59 Å². The Morgan fingerprint density at radius 2 is 2.00 bits per heavy atom. The molecule has 1 amide bonds. The maximum absolute atomic E-state index is 12.3. The van der Waals surface area contributed by atoms with Crippen LogP contribution < -0.4 is 5.32 Å². The topological polar surface area (TPSA) is 97.1 Å². The maximum atomic E-state index is 12.3. The molecule has 1 aromatic carbocycles. The van der Waals surface area contributed by atoms with Gasteiger partial charge < -0.3 is 10.4 Å². The Bertz CT molecular complexity index is 675. The molecule has 7 nitrogen and oxygen atoms in total. The zero-order valence-electron chi connectivity index (χ0n) is 11.9. The van der Waals surface area contributed by atoms with Gasteiger partial charge in [-0.25, -0.2) is 4.68 Å². The Morgan fingerprint density at radius 1 is 1.27 bits per heavy atom. The average molecular weight is 300 g/mol. The van der Waals surface area contributed by atoms with Crippen molar-refractivity contribution < 1.29 is 14.7 Å². The number of hydrogen-bond donors (Lipinski definition) is 2. The van der Waals surface area contributed by atoms with Crippen molar-refractivity contribution >= 4 is 11.9 Å². The van der Waals surface area contributed by atoms with Gasteiger partial charge in [0.15, 0.2) is 0 Å². The largest absolute Gasteiger partial charge is 0.481 e. The lowest BCUT2D eigenvalue weighted by atomic mass is 9.74. The third-order valence-electron chi connectivity index (χ3n) is 4.00. The van der Waals surface area contributed by atoms with Gasteiger partial charge in [0, 0.05) is 5.56 Å². The van der Waals surface area contributed by atoms with Crippen LogP contribution in [0.5, 0.6) is 0 Å². The Labute approximate surface area is 126 Å². The summed E-state index contributed by atoms with van der Waals surface area (Å²) < 4.78 is 1.60. The minimum atomic E-state index is -0.887. The van der Waals surface area contributed by atoms with Crippen LogP contribution in [0.15, 0.2) is 36.7 Å². The molecule has 1 aliphatic rings. The molecule has 1 aliphatic carbocycles. The van der Waals surface area contributed by atoms with E-state index in [4.69, 9.17) is 5.11 Å². The number of hydrogen-bond acceptors (Lipinski definition) is 4. The average Bonchev–Trinajstić information content (AvgIpc) is 2.98. The number of carbonyl (C=O) groups is 2. The molecule has 3 rings (SSSR count). The standard InChI is InChI=1S/C15H16N4O3/c20-13(21)10-15(6-1-7-15)17-14(22)11-2-4-12(5-3-11)19-9-8-16-18-19/h2-5,8-9H,1,6-7,10H2,(H,17,22)(H,20,21). The number of carboxylic acid groups (broad SMARTS) is 1. The molecule has 0 spiro atoms. The van der Waals surface area contributed by atoms with Crippen LogP contribution in [0, 0.1) is 0 Å². The minimum absolute atomic E-state index is 0.0320. The summed E-state index contributed by atoms with van der Waals surface area (Å²) in [6, 6.07) is 6.93. The lowest BCUT2D eigenvalue weighted by molar-refractivity contribution is -0.139. The SMILES string of the molecule is O=C(O)CC1(NC(=O)c2ccc(-n3ccnn3)cc2)CCC1. The molecule has 0 bridgehead atoms. The number of carbonyl (C=O) groups excluding carboxylic acids is 1. The third kappa shape index (κ3) is 2.83. The maximum Gasteiger partial charge on any atom is 0.305 e. The lowest BCUT2D eigenvalue weighted by Gasteiger charge is -2.41. The lowest BCUT2D eigenvalue weighted by Crippen LogP contribution is -2.54. The molecule has 1 aromatic heterocycles. The van der Waals surface area contributed by atoms with Gasteiger partial charge in [-0.1, -0.05) is 5.21 Å². The van der Waals surface area contributed by atoms with Crippen LogP contribution in [-0.2, 0) is 4.79 Å². The van der Waals surface area contributed by atoms with E-state index in [0.717, 1.165) is 12.1 Å². The summed E-state index contributed by atoms with van der Waals surface area (Å²) in [6.07, 6.45) is 5.62. The second kappa shape index (κ2) is 5.59. The van der Waals surface area contributed by atoms with Crippen LogP contribution in [0.25, 0.3) is 5.69 Å². The van der Waals surface area contributed by atoms with Crippen LogP contribution in [-0.4, -0.2) is 37.5 Å². The summed E-state index contributed by atoms with van der Waals surface area (Å²) in [5.74, 6) is -1.13. The van der Waals surface area contributed by atoms with Gasteiger partial charge in [-0.15, -0.1) is 5.10 Å². The van der Waals surface area contributed by atoms with Gasteiger partial charge in [0.25, 0.3) is 5.91 Å². The quantitative estimate of drug-likeness (QED) is 0.869. The highest BCUT2D eigenvalue weighted by Crippen LogP contribution is 2.35. The summed E-state index contributed by atoms with van der Waals surface area (Å²) in [6.45, 7) is 0. The molecule has 0 radical (unpaired) electrons. The minimum Gasteiger partial charge on any atom is -0.481 e. The normalized spacial score (nSPS) is 15.8. The van der Waals surface area contributed by atoms with E-state index in [1.165, 1.54) is 0 Å². The van der Waals surface area contributed by atoms with E-state index in [-0.39, 0.29) is 12.3 Å². The van der Waals surface area contributed by atoms with Crippen molar-refractivity contribution in [1.82, 2.24) is 20.3 Å². The van der Waals surface area contributed by atoms with Gasteiger partial charge in [-0.2, -0.15) is 0 Å². The van der Waals surface area contributed by atoms with E-state index >= 15 is 0 Å². The van der Waals surface area contributed by atoms with Crippen LogP contribution in [0.3, 0.4) is 0 Å². The number of aliphatic carboxylic acids is 1. The fourth-order valence-electron chi connectivity index (χ4n) is 2.66. The second-order valence-electron chi connectivity index (χ2n) is 5.55. The van der Waals surface area contributed by atoms with Gasteiger partial charge in [-0.05, 0) is 43.5 Å². The first-order chi connectivity index (χ1) is 10.6. The van der Waals surface area contributed by atoms with E-state index < -0.39 is 11.5 Å². The molecule has 0 aliphatic heterocycles. The number of amides is 1. The van der Waals surface area contributed by atoms with Crippen LogP contribution in [0.1, 0.15) is 36.0 Å². The van der Waals surface area contributed by atoms with E-state index in [0.29, 0.717) is 18.4 Å². The zero-order valence-corrected chi connectivity index (χ0v) is 11.9. The van der Waals surface area contributed by atoms with Gasteiger partial charge in [0.1, 0.15) is 0 Å². The smallest absolute Gasteiger partial charge is 0.305 e. The molecule has 0 saturated heterocycles. The summed E-state index contributed by atoms with van der Waals surface area (Å²) in [5.41, 5.74) is 0.714. The molecule has 22 heavy (non-hydrogen) atoms. The van der Waals surface area contributed by atoms with Gasteiger partial charge in [0.2, 0.25) is 0 Å². The number of carboxylic acids is 1. The number of rotatable bonds is 5. The number of nitrogens with zero attached hydrogens (tertiary/aromatic N) is 3. The van der Waals surface area contributed by atoms with Crippen LogP contribution in [0.2, 0.25) is 0 Å². The van der Waals surface area contributed by atoms with Crippen molar-refractivity contribution in [2.24, 2.45) is 0 Å². The Morgan fingerprint density at radius 3 is 2.50 bits per heavy atom. The number of aromatic nitrogens is 3. The monoisotopic (exact) mass is 300 g/mol. The predicted molar refractivity (Wildman–Crippen MR) is 77.7 cm³/mol. The van der Waals surface area contributed by atoms with Crippen molar-refractivity contribution in [3.63, 3.8) is 0 Å².